The van der Waals surface area contributed by atoms with E-state index >= 15 is 0 Å². The molecule has 1 rings (SSSR count). The summed E-state index contributed by atoms with van der Waals surface area (Å²) >= 11 is 5.79. The van der Waals surface area contributed by atoms with Crippen LogP contribution in [0.2, 0.25) is 0 Å². The van der Waals surface area contributed by atoms with Gasteiger partial charge < -0.3 is 29.2 Å². The minimum absolute atomic E-state index is 0.0614. The van der Waals surface area contributed by atoms with Gasteiger partial charge in [0.05, 0.1) is 13.2 Å². The molecule has 1 aromatic carbocycles. The highest BCUT2D eigenvalue weighted by Crippen LogP contribution is 2.56. The topological polar surface area (TPSA) is 146 Å². The highest BCUT2D eigenvalue weighted by molar-refractivity contribution is 9.14. The second kappa shape index (κ2) is 16.2. The standard InChI is InChI=1S/C18H28N5O6PS4/c1-5-27-30(31,28-6-2)23(13-10-8-7-9-11-13)16(29-18(25)22-4)15(20)33-34-32-14(19)12-26-17(24)21-3/h7-11,16,19-20H,5-6,12H2,1-4H3,(H,21,24)(H,22,25). The maximum atomic E-state index is 12.2. The Kier molecular flexibility index (Phi) is 14.6. The number of hydrogen-bond acceptors (Lipinski definition) is 12. The average molecular weight is 570 g/mol. The predicted octanol–water partition coefficient (Wildman–Crippen LogP) is 4.81. The largest absolute Gasteiger partial charge is 0.442 e. The second-order valence-electron chi connectivity index (χ2n) is 5.84. The number of para-hydroxylation sites is 1. The SMILES string of the molecule is CCOP(=S)(OCC)N(c1ccccc1)C(OC(=O)NC)C(=N)SSSC(=N)COC(=O)NC. The summed E-state index contributed by atoms with van der Waals surface area (Å²) in [6.45, 7) is 0.618. The first-order valence-corrected chi connectivity index (χ1v) is 15.9. The minimum atomic E-state index is -3.22. The maximum Gasteiger partial charge on any atom is 0.409 e. The Morgan fingerprint density at radius 1 is 1.06 bits per heavy atom. The van der Waals surface area contributed by atoms with Gasteiger partial charge in [-0.1, -0.05) is 18.2 Å². The number of hydrogen-bond donors (Lipinski definition) is 4. The van der Waals surface area contributed by atoms with E-state index in [1.807, 2.05) is 6.07 Å². The molecule has 0 aliphatic carbocycles. The molecule has 0 bridgehead atoms. The first-order chi connectivity index (χ1) is 16.2. The Morgan fingerprint density at radius 2 is 1.65 bits per heavy atom. The van der Waals surface area contributed by atoms with Crippen molar-refractivity contribution in [2.75, 3.05) is 38.6 Å². The van der Waals surface area contributed by atoms with Gasteiger partial charge >= 0.3 is 12.2 Å². The summed E-state index contributed by atoms with van der Waals surface area (Å²) in [5.74, 6) is 0. The van der Waals surface area contributed by atoms with Crippen molar-refractivity contribution >= 4 is 77.8 Å². The number of carbonyl (C=O) groups is 2. The highest BCUT2D eigenvalue weighted by atomic mass is 33.5. The number of carbonyl (C=O) groups excluding carboxylic acids is 2. The molecule has 0 saturated carbocycles. The summed E-state index contributed by atoms with van der Waals surface area (Å²) in [5, 5.41) is 21.2. The van der Waals surface area contributed by atoms with Crippen LogP contribution >= 0.6 is 38.1 Å². The molecule has 1 aromatic rings. The number of ether oxygens (including phenoxy) is 2. The van der Waals surface area contributed by atoms with E-state index in [2.05, 4.69) is 10.6 Å². The zero-order valence-corrected chi connectivity index (χ0v) is 23.2. The number of nitrogens with one attached hydrogen (secondary N) is 4. The van der Waals surface area contributed by atoms with Gasteiger partial charge in [0.1, 0.15) is 16.7 Å². The minimum Gasteiger partial charge on any atom is -0.442 e. The predicted molar refractivity (Wildman–Crippen MR) is 144 cm³/mol. The van der Waals surface area contributed by atoms with Crippen molar-refractivity contribution < 1.29 is 28.1 Å². The van der Waals surface area contributed by atoms with Gasteiger partial charge in [0.2, 0.25) is 6.23 Å². The van der Waals surface area contributed by atoms with Crippen LogP contribution < -0.4 is 15.3 Å². The number of benzene rings is 1. The number of amides is 2. The van der Waals surface area contributed by atoms with Gasteiger partial charge in [-0.2, -0.15) is 0 Å². The first-order valence-electron chi connectivity index (χ1n) is 9.86. The molecule has 1 atom stereocenters. The van der Waals surface area contributed by atoms with Crippen molar-refractivity contribution in [1.29, 1.82) is 10.8 Å². The lowest BCUT2D eigenvalue weighted by Gasteiger charge is -2.39. The van der Waals surface area contributed by atoms with Crippen LogP contribution in [-0.2, 0) is 30.3 Å². The van der Waals surface area contributed by atoms with Crippen LogP contribution in [-0.4, -0.2) is 62.4 Å². The van der Waals surface area contributed by atoms with Crippen molar-refractivity contribution in [1.82, 2.24) is 10.6 Å². The lowest BCUT2D eigenvalue weighted by atomic mass is 10.3. The molecule has 190 valence electrons. The third-order valence-electron chi connectivity index (χ3n) is 3.54. The lowest BCUT2D eigenvalue weighted by molar-refractivity contribution is 0.131. The summed E-state index contributed by atoms with van der Waals surface area (Å²) in [6, 6.07) is 8.90. The molecule has 0 radical (unpaired) electrons. The van der Waals surface area contributed by atoms with Gasteiger partial charge in [-0.3, -0.25) is 15.5 Å². The number of nitrogens with zero attached hydrogens (tertiary/aromatic N) is 1. The molecule has 0 saturated heterocycles. The lowest BCUT2D eigenvalue weighted by Crippen LogP contribution is -2.43. The van der Waals surface area contributed by atoms with Crippen LogP contribution in [0.1, 0.15) is 13.8 Å². The second-order valence-corrected chi connectivity index (χ2v) is 13.1. The van der Waals surface area contributed by atoms with Gasteiger partial charge in [0.15, 0.2) is 0 Å². The zero-order valence-electron chi connectivity index (χ0n) is 19.1. The van der Waals surface area contributed by atoms with E-state index < -0.39 is 25.1 Å². The smallest absolute Gasteiger partial charge is 0.409 e. The Bertz CT molecular complexity index is 872. The quantitative estimate of drug-likeness (QED) is 0.0853. The average Bonchev–Trinajstić information content (AvgIpc) is 2.82. The van der Waals surface area contributed by atoms with Crippen LogP contribution in [0.3, 0.4) is 0 Å². The fourth-order valence-electron chi connectivity index (χ4n) is 2.21. The molecule has 0 heterocycles. The number of rotatable bonds is 13. The van der Waals surface area contributed by atoms with Crippen LogP contribution in [0, 0.1) is 10.8 Å². The first kappa shape index (κ1) is 30.6. The fraction of sp³-hybridized carbons (Fsp3) is 0.444. The molecular formula is C18H28N5O6PS4. The summed E-state index contributed by atoms with van der Waals surface area (Å²) in [7, 11) is 5.86. The molecule has 0 spiro atoms. The monoisotopic (exact) mass is 569 g/mol. The zero-order chi connectivity index (χ0) is 25.6. The van der Waals surface area contributed by atoms with Crippen LogP contribution in [0.5, 0.6) is 0 Å². The van der Waals surface area contributed by atoms with Crippen molar-refractivity contribution in [3.8, 4) is 0 Å². The summed E-state index contributed by atoms with van der Waals surface area (Å²) in [6.07, 6.45) is -2.68. The van der Waals surface area contributed by atoms with Crippen molar-refractivity contribution in [3.05, 3.63) is 30.3 Å². The van der Waals surface area contributed by atoms with Gasteiger partial charge in [0.25, 0.3) is 6.64 Å². The van der Waals surface area contributed by atoms with Gasteiger partial charge in [-0.15, -0.1) is 0 Å². The molecule has 11 nitrogen and oxygen atoms in total. The molecule has 0 aliphatic heterocycles. The normalized spacial score (nSPS) is 11.8. The van der Waals surface area contributed by atoms with Crippen molar-refractivity contribution in [2.45, 2.75) is 20.1 Å². The third kappa shape index (κ3) is 10.0. The summed E-state index contributed by atoms with van der Waals surface area (Å²) in [4.78, 5) is 23.3. The molecule has 2 amide bonds. The van der Waals surface area contributed by atoms with Gasteiger partial charge in [-0.25, -0.2) is 9.59 Å². The third-order valence-corrected chi connectivity index (χ3v) is 10.4. The molecular weight excluding hydrogens is 541 g/mol. The fourth-order valence-corrected chi connectivity index (χ4v) is 8.47. The van der Waals surface area contributed by atoms with E-state index in [0.29, 0.717) is 5.69 Å². The van der Waals surface area contributed by atoms with Crippen LogP contribution in [0.25, 0.3) is 0 Å². The highest BCUT2D eigenvalue weighted by Gasteiger charge is 2.39. The molecule has 4 N–H and O–H groups in total. The summed E-state index contributed by atoms with van der Waals surface area (Å²) in [5.41, 5.74) is 0.552. The Hall–Kier alpha value is -1.48. The molecule has 0 fully saturated rings. The van der Waals surface area contributed by atoms with Crippen LogP contribution in [0.15, 0.2) is 30.3 Å². The van der Waals surface area contributed by atoms with Crippen molar-refractivity contribution in [2.24, 2.45) is 0 Å². The van der Waals surface area contributed by atoms with E-state index in [9.17, 15) is 9.59 Å². The number of anilines is 1. The molecule has 34 heavy (non-hydrogen) atoms. The molecule has 16 heteroatoms. The van der Waals surface area contributed by atoms with Crippen LogP contribution in [0.4, 0.5) is 15.3 Å². The molecule has 0 aromatic heterocycles. The van der Waals surface area contributed by atoms with Crippen molar-refractivity contribution in [3.63, 3.8) is 0 Å². The molecule has 1 unspecified atom stereocenters. The van der Waals surface area contributed by atoms with Gasteiger partial charge in [0, 0.05) is 19.8 Å². The van der Waals surface area contributed by atoms with E-state index in [1.165, 1.54) is 18.8 Å². The van der Waals surface area contributed by atoms with Gasteiger partial charge in [-0.05, 0) is 69.2 Å². The maximum absolute atomic E-state index is 12.2. The summed E-state index contributed by atoms with van der Waals surface area (Å²) < 4.78 is 23.6. The van der Waals surface area contributed by atoms with E-state index in [4.69, 9.17) is 41.1 Å². The van der Waals surface area contributed by atoms with E-state index in [-0.39, 0.29) is 29.9 Å². The Labute approximate surface area is 215 Å². The van der Waals surface area contributed by atoms with E-state index in [1.54, 1.807) is 38.1 Å². The Morgan fingerprint density at radius 3 is 2.18 bits per heavy atom. The van der Waals surface area contributed by atoms with E-state index in [0.717, 1.165) is 31.4 Å². The molecule has 0 aliphatic rings. The Balaban J connectivity index is 3.17. The number of alkyl carbamates (subject to hydrolysis) is 2.